The van der Waals surface area contributed by atoms with Gasteiger partial charge in [0, 0.05) is 55.4 Å². The zero-order valence-electron chi connectivity index (χ0n) is 50.9. The van der Waals surface area contributed by atoms with Crippen molar-refractivity contribution in [2.24, 2.45) is 0 Å². The minimum absolute atomic E-state index is 0.0608. The normalized spacial score (nSPS) is 11.1. The van der Waals surface area contributed by atoms with E-state index in [1.807, 2.05) is 155 Å². The van der Waals surface area contributed by atoms with Gasteiger partial charge in [0.1, 0.15) is 81.4 Å². The molecule has 0 unspecified atom stereocenters. The van der Waals surface area contributed by atoms with Crippen molar-refractivity contribution < 1.29 is 61.5 Å². The van der Waals surface area contributed by atoms with Gasteiger partial charge in [-0.25, -0.2) is 49.1 Å². The largest absolute Gasteiger partial charge is 0.494 e. The zero-order chi connectivity index (χ0) is 65.2. The van der Waals surface area contributed by atoms with Gasteiger partial charge in [-0.2, -0.15) is 0 Å². The highest BCUT2D eigenvalue weighted by atomic mass is 32.1. The van der Waals surface area contributed by atoms with E-state index in [4.69, 9.17) is 42.3 Å². The highest BCUT2D eigenvalue weighted by Crippen LogP contribution is 2.31. The van der Waals surface area contributed by atoms with Gasteiger partial charge in [-0.1, -0.05) is 18.2 Å². The number of hydrogen-bond acceptors (Lipinski definition) is 26. The second-order valence-corrected chi connectivity index (χ2v) is 24.5. The molecule has 1 aliphatic rings. The van der Waals surface area contributed by atoms with Crippen LogP contribution in [0, 0.1) is 6.92 Å². The summed E-state index contributed by atoms with van der Waals surface area (Å²) >= 11 is 8.62. The SMILES string of the molecule is CCOc1ccc(-c2nc(C(=O)OCC3=CCC=C3)cs2)cc1.CCOc1ccc(-c2nc(C(=O)OCc3cncs3)cs2)cc1.CCOc1ccc(-c2nc(C(=O)OCc3cocn3)cs2)cc1.CCOc1ccc(-c2nc(C(=O)OCc3csc(C)n3)cs2)cc1. The number of rotatable bonds is 24. The molecule has 26 heteroatoms. The summed E-state index contributed by atoms with van der Waals surface area (Å²) in [5, 5.41) is 12.8. The number of ether oxygens (including phenoxy) is 8. The first-order valence-corrected chi connectivity index (χ1v) is 34.2. The van der Waals surface area contributed by atoms with Gasteiger partial charge < -0.3 is 42.3 Å². The molecular weight excluding hydrogens is 1300 g/mol. The van der Waals surface area contributed by atoms with Crippen LogP contribution in [0.1, 0.15) is 97.3 Å². The molecule has 0 N–H and O–H groups in total. The lowest BCUT2D eigenvalue weighted by molar-refractivity contribution is 0.0453. The van der Waals surface area contributed by atoms with Crippen molar-refractivity contribution in [1.82, 2.24) is 34.9 Å². The summed E-state index contributed by atoms with van der Waals surface area (Å²) in [4.78, 5) is 78.5. The lowest BCUT2D eigenvalue weighted by atomic mass is 10.2. The molecule has 0 fully saturated rings. The Morgan fingerprint density at radius 2 is 0.839 bits per heavy atom. The molecule has 0 amide bonds. The number of esters is 4. The predicted octanol–water partition coefficient (Wildman–Crippen LogP) is 16.2. The smallest absolute Gasteiger partial charge is 0.358 e. The summed E-state index contributed by atoms with van der Waals surface area (Å²) < 4.78 is 47.4. The number of carbonyl (C=O) groups is 4. The Hall–Kier alpha value is -9.57. The Morgan fingerprint density at radius 3 is 1.16 bits per heavy atom. The van der Waals surface area contributed by atoms with Gasteiger partial charge in [-0.15, -0.1) is 68.0 Å². The monoisotopic (exact) mass is 1360 g/mol. The van der Waals surface area contributed by atoms with Crippen LogP contribution in [0.2, 0.25) is 0 Å². The Bertz CT molecular complexity index is 4040. The molecule has 0 radical (unpaired) electrons. The Balaban J connectivity index is 0.000000146. The molecule has 93 heavy (non-hydrogen) atoms. The minimum Gasteiger partial charge on any atom is -0.494 e. The quantitative estimate of drug-likeness (QED) is 0.0403. The summed E-state index contributed by atoms with van der Waals surface area (Å²) in [6.07, 6.45) is 11.4. The van der Waals surface area contributed by atoms with Gasteiger partial charge in [-0.3, -0.25) is 4.98 Å². The van der Waals surface area contributed by atoms with Gasteiger partial charge in [-0.05, 0) is 144 Å². The lowest BCUT2D eigenvalue weighted by Crippen LogP contribution is -2.07. The molecule has 0 spiro atoms. The summed E-state index contributed by atoms with van der Waals surface area (Å²) in [6, 6.07) is 30.5. The molecule has 0 bridgehead atoms. The van der Waals surface area contributed by atoms with E-state index in [-0.39, 0.29) is 31.5 Å². The summed E-state index contributed by atoms with van der Waals surface area (Å²) in [7, 11) is 0. The van der Waals surface area contributed by atoms with Crippen LogP contribution in [-0.4, -0.2) is 91.8 Å². The van der Waals surface area contributed by atoms with Crippen molar-refractivity contribution in [3.63, 3.8) is 0 Å². The number of allylic oxidation sites excluding steroid dienone is 2. The van der Waals surface area contributed by atoms with Gasteiger partial charge >= 0.3 is 23.9 Å². The second-order valence-electron chi connectivity index (χ2n) is 19.0. The lowest BCUT2D eigenvalue weighted by Gasteiger charge is -2.03. The fourth-order valence-electron chi connectivity index (χ4n) is 8.01. The molecule has 0 saturated carbocycles. The van der Waals surface area contributed by atoms with Gasteiger partial charge in [0.25, 0.3) is 0 Å². The number of aromatic nitrogens is 7. The molecule has 7 heterocycles. The topological polar surface area (TPSA) is 245 Å². The molecule has 478 valence electrons. The molecule has 12 rings (SSSR count). The summed E-state index contributed by atoms with van der Waals surface area (Å²) in [6.45, 7) is 13.0. The zero-order valence-corrected chi connectivity index (χ0v) is 55.8. The van der Waals surface area contributed by atoms with Crippen molar-refractivity contribution >= 4 is 91.9 Å². The molecule has 20 nitrogen and oxygen atoms in total. The third-order valence-electron chi connectivity index (χ3n) is 12.4. The second kappa shape index (κ2) is 35.3. The van der Waals surface area contributed by atoms with Crippen LogP contribution in [-0.2, 0) is 38.8 Å². The molecule has 0 atom stereocenters. The Kier molecular flexibility index (Phi) is 25.7. The van der Waals surface area contributed by atoms with E-state index in [1.54, 1.807) is 33.2 Å². The maximum Gasteiger partial charge on any atom is 0.358 e. The van der Waals surface area contributed by atoms with Crippen molar-refractivity contribution in [3.8, 4) is 65.3 Å². The maximum atomic E-state index is 12.1. The highest BCUT2D eigenvalue weighted by molar-refractivity contribution is 7.14. The number of nitrogens with zero attached hydrogens (tertiary/aromatic N) is 7. The van der Waals surface area contributed by atoms with Crippen LogP contribution in [0.5, 0.6) is 23.0 Å². The number of hydrogen-bond donors (Lipinski definition) is 0. The van der Waals surface area contributed by atoms with Crippen LogP contribution in [0.25, 0.3) is 42.3 Å². The van der Waals surface area contributed by atoms with Crippen molar-refractivity contribution in [2.45, 2.75) is 60.9 Å². The highest BCUT2D eigenvalue weighted by Gasteiger charge is 2.19. The van der Waals surface area contributed by atoms with E-state index in [1.165, 1.54) is 80.7 Å². The molecule has 0 aliphatic heterocycles. The Labute approximate surface area is 559 Å². The van der Waals surface area contributed by atoms with Crippen LogP contribution in [0.3, 0.4) is 0 Å². The Morgan fingerprint density at radius 1 is 0.452 bits per heavy atom. The number of thiazole rings is 6. The third-order valence-corrected chi connectivity index (χ3v) is 17.5. The molecule has 11 aromatic rings. The van der Waals surface area contributed by atoms with Crippen LogP contribution in [0.4, 0.5) is 0 Å². The molecular formula is C67H61N7O13S6. The number of oxazole rings is 1. The summed E-state index contributed by atoms with van der Waals surface area (Å²) in [5.41, 5.74) is 9.08. The van der Waals surface area contributed by atoms with Crippen molar-refractivity contribution in [2.75, 3.05) is 33.0 Å². The molecule has 7 aromatic heterocycles. The summed E-state index contributed by atoms with van der Waals surface area (Å²) in [5.74, 6) is 1.53. The van der Waals surface area contributed by atoms with Gasteiger partial charge in [0.05, 0.1) is 47.5 Å². The average Bonchev–Trinajstić information content (AvgIpc) is 1.94. The maximum absolute atomic E-state index is 12.1. The first kappa shape index (κ1) is 67.8. The fourth-order valence-corrected chi connectivity index (χ4v) is 12.3. The number of aryl methyl sites for hydroxylation is 1. The van der Waals surface area contributed by atoms with Crippen LogP contribution < -0.4 is 18.9 Å². The van der Waals surface area contributed by atoms with E-state index < -0.39 is 17.9 Å². The van der Waals surface area contributed by atoms with Crippen molar-refractivity contribution in [3.05, 3.63) is 216 Å². The van der Waals surface area contributed by atoms with E-state index in [2.05, 4.69) is 34.9 Å². The molecule has 1 aliphatic carbocycles. The number of benzene rings is 4. The number of carbonyl (C=O) groups excluding carboxylic acids is 4. The molecule has 4 aromatic carbocycles. The van der Waals surface area contributed by atoms with Crippen molar-refractivity contribution in [1.29, 1.82) is 0 Å². The van der Waals surface area contributed by atoms with Crippen LogP contribution >= 0.6 is 68.0 Å². The minimum atomic E-state index is -0.485. The van der Waals surface area contributed by atoms with Crippen LogP contribution in [0.15, 0.2) is 177 Å². The van der Waals surface area contributed by atoms with E-state index >= 15 is 0 Å². The first-order valence-electron chi connectivity index (χ1n) is 28.9. The third kappa shape index (κ3) is 20.7. The van der Waals surface area contributed by atoms with Gasteiger partial charge in [0.2, 0.25) is 0 Å². The van der Waals surface area contributed by atoms with E-state index in [0.717, 1.165) is 92.9 Å². The van der Waals surface area contributed by atoms with Gasteiger partial charge in [0.15, 0.2) is 29.2 Å². The first-order chi connectivity index (χ1) is 45.4. The van der Waals surface area contributed by atoms with E-state index in [0.29, 0.717) is 55.8 Å². The average molecular weight is 1360 g/mol. The standard InChI is InChI=1S/C18H17NO3S.C17H16N2O3S2.C16H14N2O4S.C16H14N2O3S2/c1-2-21-15-9-7-14(8-10-15)17-19-16(12-23-17)18(20)22-11-13-5-3-4-6-13;1-3-21-14-6-4-12(5-7-14)16-19-15(10-24-16)17(20)22-8-13-9-23-11(2)18-13;1-2-21-13-5-3-11(4-6-13)15-18-14(9-23-15)16(19)22-8-12-7-20-10-17-12;1-2-20-12-5-3-11(4-6-12)15-18-14(9-22-15)16(19)21-8-13-7-17-10-23-13/h3,5-10,12H,2,4,11H2,1H3;4-7,9-10H,3,8H2,1-2H3;2*3-7,9-10H,2,8H2,1H3. The fraction of sp³-hybridized carbons (Fsp3) is 0.209. The molecule has 0 saturated heterocycles. The van der Waals surface area contributed by atoms with E-state index in [9.17, 15) is 19.2 Å². The predicted molar refractivity (Wildman–Crippen MR) is 360 cm³/mol.